The standard InChI is InChI=1S/C25H18BrClN2O4S2/c1-32-21-5-3-2-4-20(21)28-23(30)14-33-17-9-6-15(7-10-17)12-22-24(31)29(25(34)35-22)16-8-11-18(26)19(27)13-16/h2-13H,14H2,1H3,(H,28,30). The summed E-state index contributed by atoms with van der Waals surface area (Å²) >= 11 is 16.2. The number of thioether (sulfide) groups is 1. The Kier molecular flexibility index (Phi) is 8.12. The summed E-state index contributed by atoms with van der Waals surface area (Å²) in [5.41, 5.74) is 1.98. The van der Waals surface area contributed by atoms with Gasteiger partial charge < -0.3 is 14.8 Å². The molecule has 0 atom stereocenters. The third kappa shape index (κ3) is 6.05. The van der Waals surface area contributed by atoms with Crippen LogP contribution in [-0.2, 0) is 9.59 Å². The molecule has 1 aliphatic heterocycles. The van der Waals surface area contributed by atoms with Gasteiger partial charge in [0.15, 0.2) is 10.9 Å². The molecule has 178 valence electrons. The van der Waals surface area contributed by atoms with Crippen molar-refractivity contribution in [1.29, 1.82) is 0 Å². The summed E-state index contributed by atoms with van der Waals surface area (Å²) in [6.07, 6.45) is 1.76. The number of nitrogens with zero attached hydrogens (tertiary/aromatic N) is 1. The van der Waals surface area contributed by atoms with Crippen LogP contribution in [0.2, 0.25) is 5.02 Å². The van der Waals surface area contributed by atoms with Crippen molar-refractivity contribution in [2.45, 2.75) is 0 Å². The topological polar surface area (TPSA) is 67.9 Å². The number of nitrogens with one attached hydrogen (secondary N) is 1. The highest BCUT2D eigenvalue weighted by Gasteiger charge is 2.33. The number of amides is 2. The molecule has 0 aromatic heterocycles. The number of benzene rings is 3. The highest BCUT2D eigenvalue weighted by molar-refractivity contribution is 9.10. The second-order valence-electron chi connectivity index (χ2n) is 7.22. The molecule has 6 nitrogen and oxygen atoms in total. The van der Waals surface area contributed by atoms with E-state index < -0.39 is 0 Å². The van der Waals surface area contributed by atoms with Gasteiger partial charge in [0.25, 0.3) is 11.8 Å². The molecule has 0 aliphatic carbocycles. The molecule has 1 fully saturated rings. The van der Waals surface area contributed by atoms with Crippen LogP contribution in [0.1, 0.15) is 5.56 Å². The summed E-state index contributed by atoms with van der Waals surface area (Å²) in [6, 6.07) is 19.4. The molecule has 1 heterocycles. The fourth-order valence-electron chi connectivity index (χ4n) is 3.21. The van der Waals surface area contributed by atoms with Crippen LogP contribution in [0.4, 0.5) is 11.4 Å². The molecule has 3 aromatic carbocycles. The third-order valence-electron chi connectivity index (χ3n) is 4.88. The van der Waals surface area contributed by atoms with E-state index >= 15 is 0 Å². The zero-order valence-corrected chi connectivity index (χ0v) is 22.3. The van der Waals surface area contributed by atoms with Crippen molar-refractivity contribution in [1.82, 2.24) is 0 Å². The molecular weight excluding hydrogens is 572 g/mol. The predicted octanol–water partition coefficient (Wildman–Crippen LogP) is 6.53. The van der Waals surface area contributed by atoms with Gasteiger partial charge in [-0.05, 0) is 70.0 Å². The number of ether oxygens (including phenoxy) is 2. The van der Waals surface area contributed by atoms with E-state index in [1.165, 1.54) is 23.8 Å². The molecule has 0 saturated carbocycles. The number of hydrogen-bond donors (Lipinski definition) is 1. The molecule has 4 rings (SSSR count). The van der Waals surface area contributed by atoms with Gasteiger partial charge in [0.2, 0.25) is 0 Å². The smallest absolute Gasteiger partial charge is 0.270 e. The molecule has 2 amide bonds. The third-order valence-corrected chi connectivity index (χ3v) is 7.42. The average Bonchev–Trinajstić information content (AvgIpc) is 3.13. The van der Waals surface area contributed by atoms with E-state index in [1.54, 1.807) is 66.7 Å². The molecule has 1 saturated heterocycles. The second kappa shape index (κ2) is 11.3. The molecule has 0 radical (unpaired) electrons. The minimum absolute atomic E-state index is 0.161. The Morgan fingerprint density at radius 1 is 1.17 bits per heavy atom. The van der Waals surface area contributed by atoms with Crippen LogP contribution in [0.3, 0.4) is 0 Å². The van der Waals surface area contributed by atoms with Crippen molar-refractivity contribution in [2.75, 3.05) is 23.9 Å². The Bertz CT molecular complexity index is 1330. The van der Waals surface area contributed by atoms with Crippen LogP contribution in [0.5, 0.6) is 11.5 Å². The first kappa shape index (κ1) is 25.2. The SMILES string of the molecule is COc1ccccc1NC(=O)COc1ccc(C=C2SC(=S)N(c3ccc(Br)c(Cl)c3)C2=O)cc1. The normalized spacial score (nSPS) is 14.4. The maximum atomic E-state index is 13.0. The van der Waals surface area contributed by atoms with E-state index in [0.29, 0.717) is 37.1 Å². The molecule has 0 unspecified atom stereocenters. The lowest BCUT2D eigenvalue weighted by molar-refractivity contribution is -0.118. The number of anilines is 2. The van der Waals surface area contributed by atoms with E-state index in [4.69, 9.17) is 33.3 Å². The number of halogens is 2. The lowest BCUT2D eigenvalue weighted by Gasteiger charge is -2.15. The van der Waals surface area contributed by atoms with Gasteiger partial charge in [0.1, 0.15) is 11.5 Å². The first-order valence-corrected chi connectivity index (χ1v) is 12.6. The van der Waals surface area contributed by atoms with E-state index in [-0.39, 0.29) is 18.4 Å². The Balaban J connectivity index is 1.38. The first-order chi connectivity index (χ1) is 16.9. The average molecular weight is 590 g/mol. The molecule has 0 bridgehead atoms. The van der Waals surface area contributed by atoms with Gasteiger partial charge >= 0.3 is 0 Å². The molecular formula is C25H18BrClN2O4S2. The zero-order chi connectivity index (χ0) is 24.9. The van der Waals surface area contributed by atoms with Crippen LogP contribution in [-0.4, -0.2) is 29.9 Å². The fourth-order valence-corrected chi connectivity index (χ4v) is 4.93. The number of methoxy groups -OCH3 is 1. The maximum absolute atomic E-state index is 13.0. The highest BCUT2D eigenvalue weighted by atomic mass is 79.9. The molecule has 0 spiro atoms. The van der Waals surface area contributed by atoms with Gasteiger partial charge in [-0.2, -0.15) is 0 Å². The van der Waals surface area contributed by atoms with Crippen molar-refractivity contribution in [3.63, 3.8) is 0 Å². The van der Waals surface area contributed by atoms with Crippen LogP contribution in [0, 0.1) is 0 Å². The molecule has 1 aliphatic rings. The summed E-state index contributed by atoms with van der Waals surface area (Å²) in [5.74, 6) is 0.565. The lowest BCUT2D eigenvalue weighted by atomic mass is 10.2. The van der Waals surface area contributed by atoms with E-state index in [0.717, 1.165) is 10.0 Å². The van der Waals surface area contributed by atoms with E-state index in [9.17, 15) is 9.59 Å². The highest BCUT2D eigenvalue weighted by Crippen LogP contribution is 2.38. The van der Waals surface area contributed by atoms with Gasteiger partial charge in [-0.15, -0.1) is 0 Å². The minimum atomic E-state index is -0.310. The first-order valence-electron chi connectivity index (χ1n) is 10.2. The largest absolute Gasteiger partial charge is 0.495 e. The number of hydrogen-bond acceptors (Lipinski definition) is 6. The lowest BCUT2D eigenvalue weighted by Crippen LogP contribution is -2.27. The van der Waals surface area contributed by atoms with Crippen molar-refractivity contribution >= 4 is 85.1 Å². The Morgan fingerprint density at radius 2 is 1.91 bits per heavy atom. The Labute approximate surface area is 225 Å². The summed E-state index contributed by atoms with van der Waals surface area (Å²) in [5, 5.41) is 3.25. The number of carbonyl (C=O) groups is 2. The maximum Gasteiger partial charge on any atom is 0.270 e. The number of thiocarbonyl (C=S) groups is 1. The van der Waals surface area contributed by atoms with Crippen molar-refractivity contribution in [2.24, 2.45) is 0 Å². The van der Waals surface area contributed by atoms with Gasteiger partial charge in [-0.1, -0.05) is 59.8 Å². The Morgan fingerprint density at radius 3 is 2.63 bits per heavy atom. The van der Waals surface area contributed by atoms with Gasteiger partial charge in [0.05, 0.1) is 28.4 Å². The zero-order valence-electron chi connectivity index (χ0n) is 18.3. The minimum Gasteiger partial charge on any atom is -0.495 e. The fraction of sp³-hybridized carbons (Fsp3) is 0.0800. The monoisotopic (exact) mass is 588 g/mol. The summed E-state index contributed by atoms with van der Waals surface area (Å²) in [6.45, 7) is -0.161. The molecule has 3 aromatic rings. The quantitative estimate of drug-likeness (QED) is 0.250. The van der Waals surface area contributed by atoms with E-state index in [1.807, 2.05) is 6.07 Å². The van der Waals surface area contributed by atoms with Crippen molar-refractivity contribution in [3.05, 3.63) is 86.7 Å². The predicted molar refractivity (Wildman–Crippen MR) is 148 cm³/mol. The summed E-state index contributed by atoms with van der Waals surface area (Å²) in [4.78, 5) is 27.2. The molecule has 10 heteroatoms. The number of carbonyl (C=O) groups excluding carboxylic acids is 2. The Hall–Kier alpha value is -2.85. The van der Waals surface area contributed by atoms with Gasteiger partial charge in [-0.25, -0.2) is 0 Å². The van der Waals surface area contributed by atoms with Crippen LogP contribution in [0.25, 0.3) is 6.08 Å². The molecule has 35 heavy (non-hydrogen) atoms. The van der Waals surface area contributed by atoms with E-state index in [2.05, 4.69) is 21.2 Å². The van der Waals surface area contributed by atoms with Gasteiger partial charge in [0, 0.05) is 4.47 Å². The number of para-hydroxylation sites is 2. The summed E-state index contributed by atoms with van der Waals surface area (Å²) < 4.78 is 12.0. The van der Waals surface area contributed by atoms with Crippen molar-refractivity contribution in [3.8, 4) is 11.5 Å². The van der Waals surface area contributed by atoms with Crippen LogP contribution < -0.4 is 19.7 Å². The molecule has 1 N–H and O–H groups in total. The van der Waals surface area contributed by atoms with Gasteiger partial charge in [-0.3, -0.25) is 14.5 Å². The van der Waals surface area contributed by atoms with Crippen molar-refractivity contribution < 1.29 is 19.1 Å². The van der Waals surface area contributed by atoms with Crippen LogP contribution >= 0.6 is 51.5 Å². The second-order valence-corrected chi connectivity index (χ2v) is 10.2. The summed E-state index contributed by atoms with van der Waals surface area (Å²) in [7, 11) is 1.54. The number of rotatable bonds is 7. The van der Waals surface area contributed by atoms with Crippen LogP contribution in [0.15, 0.2) is 76.1 Å².